The number of anilines is 2. The summed E-state index contributed by atoms with van der Waals surface area (Å²) in [6.07, 6.45) is 0. The van der Waals surface area contributed by atoms with Gasteiger partial charge in [-0.1, -0.05) is 46.3 Å². The highest BCUT2D eigenvalue weighted by Crippen LogP contribution is 2.26. The molecule has 0 atom stereocenters. The number of carboxylic acid groups (broad SMARTS) is 1. The monoisotopic (exact) mass is 378 g/mol. The van der Waals surface area contributed by atoms with Crippen molar-refractivity contribution in [1.29, 1.82) is 0 Å². The second kappa shape index (κ2) is 7.63. The molecule has 0 aliphatic rings. The van der Waals surface area contributed by atoms with E-state index in [1.807, 2.05) is 0 Å². The molecule has 2 aromatic rings. The molecule has 1 aromatic carbocycles. The van der Waals surface area contributed by atoms with Crippen LogP contribution in [0.2, 0.25) is 10.0 Å². The van der Waals surface area contributed by atoms with Crippen molar-refractivity contribution in [2.24, 2.45) is 0 Å². The molecule has 0 aliphatic carbocycles. The Balaban J connectivity index is 1.91. The Morgan fingerprint density at radius 1 is 1.23 bits per heavy atom. The molecule has 1 aromatic heterocycles. The molecule has 22 heavy (non-hydrogen) atoms. The lowest BCUT2D eigenvalue weighted by Crippen LogP contribution is -2.19. The summed E-state index contributed by atoms with van der Waals surface area (Å²) in [5, 5.41) is 22.1. The maximum atomic E-state index is 11.8. The van der Waals surface area contributed by atoms with Gasteiger partial charge in [0, 0.05) is 5.69 Å². The van der Waals surface area contributed by atoms with E-state index in [1.165, 1.54) is 6.07 Å². The van der Waals surface area contributed by atoms with Crippen LogP contribution in [0.15, 0.2) is 22.5 Å². The third kappa shape index (κ3) is 5.02. The molecule has 0 aliphatic heterocycles. The summed E-state index contributed by atoms with van der Waals surface area (Å²) in [5.74, 6) is -1.07. The van der Waals surface area contributed by atoms with Crippen LogP contribution >= 0.6 is 46.3 Å². The van der Waals surface area contributed by atoms with E-state index >= 15 is 0 Å². The number of nitrogens with zero attached hydrogens (tertiary/aromatic N) is 2. The molecule has 2 amide bonds. The molecule has 2 rings (SSSR count). The molecule has 11 heteroatoms. The SMILES string of the molecule is O=C(O)CSc1nnc(NC(=O)Nc2ccc(Cl)c(Cl)c2)s1. The molecule has 0 spiro atoms. The quantitative estimate of drug-likeness (QED) is 0.541. The van der Waals surface area contributed by atoms with Gasteiger partial charge in [-0.25, -0.2) is 4.79 Å². The first-order valence-corrected chi connectivity index (χ1v) is 8.21. The number of thioether (sulfide) groups is 1. The molecule has 0 saturated carbocycles. The minimum Gasteiger partial charge on any atom is -0.481 e. The van der Waals surface area contributed by atoms with E-state index < -0.39 is 12.0 Å². The molecule has 0 radical (unpaired) electrons. The van der Waals surface area contributed by atoms with Gasteiger partial charge in [0.2, 0.25) is 5.13 Å². The number of hydrogen-bond donors (Lipinski definition) is 3. The van der Waals surface area contributed by atoms with Crippen LogP contribution in [0.25, 0.3) is 0 Å². The fourth-order valence-corrected chi connectivity index (χ4v) is 3.04. The predicted molar refractivity (Wildman–Crippen MR) is 87.4 cm³/mol. The molecule has 3 N–H and O–H groups in total. The molecular formula is C11H8Cl2N4O3S2. The Kier molecular flexibility index (Phi) is 5.83. The van der Waals surface area contributed by atoms with Crippen LogP contribution in [0.3, 0.4) is 0 Å². The van der Waals surface area contributed by atoms with Gasteiger partial charge in [0.05, 0.1) is 15.8 Å². The van der Waals surface area contributed by atoms with Crippen LogP contribution in [0.4, 0.5) is 15.6 Å². The number of amides is 2. The summed E-state index contributed by atoms with van der Waals surface area (Å²) in [7, 11) is 0. The van der Waals surface area contributed by atoms with Crippen molar-refractivity contribution in [3.05, 3.63) is 28.2 Å². The molecule has 1 heterocycles. The Labute approximate surface area is 143 Å². The molecule has 0 saturated heterocycles. The summed E-state index contributed by atoms with van der Waals surface area (Å²) in [4.78, 5) is 22.2. The van der Waals surface area contributed by atoms with E-state index in [4.69, 9.17) is 28.3 Å². The van der Waals surface area contributed by atoms with Gasteiger partial charge in [-0.2, -0.15) is 0 Å². The molecular weight excluding hydrogens is 371 g/mol. The van der Waals surface area contributed by atoms with Gasteiger partial charge < -0.3 is 10.4 Å². The maximum Gasteiger partial charge on any atom is 0.325 e. The Hall–Kier alpha value is -1.55. The van der Waals surface area contributed by atoms with E-state index in [2.05, 4.69) is 20.8 Å². The zero-order chi connectivity index (χ0) is 16.1. The first-order valence-electron chi connectivity index (χ1n) is 5.65. The van der Waals surface area contributed by atoms with Crippen LogP contribution in [0, 0.1) is 0 Å². The minimum absolute atomic E-state index is 0.121. The van der Waals surface area contributed by atoms with E-state index in [1.54, 1.807) is 12.1 Å². The molecule has 0 bridgehead atoms. The second-order valence-electron chi connectivity index (χ2n) is 3.76. The second-order valence-corrected chi connectivity index (χ2v) is 6.78. The summed E-state index contributed by atoms with van der Waals surface area (Å²) in [6, 6.07) is 4.15. The maximum absolute atomic E-state index is 11.8. The number of carbonyl (C=O) groups is 2. The van der Waals surface area contributed by atoms with Crippen molar-refractivity contribution < 1.29 is 14.7 Å². The van der Waals surface area contributed by atoms with Crippen LogP contribution in [0.1, 0.15) is 0 Å². The number of hydrogen-bond acceptors (Lipinski definition) is 6. The van der Waals surface area contributed by atoms with Gasteiger partial charge in [0.25, 0.3) is 0 Å². The van der Waals surface area contributed by atoms with Gasteiger partial charge in [0.1, 0.15) is 0 Å². The summed E-state index contributed by atoms with van der Waals surface area (Å²) < 4.78 is 0.451. The number of aliphatic carboxylic acids is 1. The van der Waals surface area contributed by atoms with Crippen LogP contribution in [-0.4, -0.2) is 33.1 Å². The number of carbonyl (C=O) groups excluding carboxylic acids is 1. The third-order valence-electron chi connectivity index (χ3n) is 2.12. The average Bonchev–Trinajstić information content (AvgIpc) is 2.88. The van der Waals surface area contributed by atoms with Crippen molar-refractivity contribution in [2.45, 2.75) is 4.34 Å². The number of halogens is 2. The van der Waals surface area contributed by atoms with E-state index in [0.29, 0.717) is 20.1 Å². The van der Waals surface area contributed by atoms with Crippen molar-refractivity contribution in [2.75, 3.05) is 16.4 Å². The smallest absolute Gasteiger partial charge is 0.325 e. The largest absolute Gasteiger partial charge is 0.481 e. The van der Waals surface area contributed by atoms with E-state index in [9.17, 15) is 9.59 Å². The predicted octanol–water partition coefficient (Wildman–Crippen LogP) is 3.67. The normalized spacial score (nSPS) is 10.3. The highest BCUT2D eigenvalue weighted by Gasteiger charge is 2.10. The Morgan fingerprint density at radius 3 is 2.68 bits per heavy atom. The lowest BCUT2D eigenvalue weighted by Gasteiger charge is -2.05. The van der Waals surface area contributed by atoms with Crippen LogP contribution in [-0.2, 0) is 4.79 Å². The van der Waals surface area contributed by atoms with Gasteiger partial charge in [-0.3, -0.25) is 10.1 Å². The van der Waals surface area contributed by atoms with Crippen molar-refractivity contribution in [3.63, 3.8) is 0 Å². The summed E-state index contributed by atoms with van der Waals surface area (Å²) in [5.41, 5.74) is 0.469. The number of urea groups is 1. The Morgan fingerprint density at radius 2 is 2.00 bits per heavy atom. The minimum atomic E-state index is -0.952. The van der Waals surface area contributed by atoms with Gasteiger partial charge in [-0.05, 0) is 18.2 Å². The van der Waals surface area contributed by atoms with E-state index in [0.717, 1.165) is 23.1 Å². The van der Waals surface area contributed by atoms with Gasteiger partial charge in [-0.15, -0.1) is 10.2 Å². The average molecular weight is 379 g/mol. The fraction of sp³-hybridized carbons (Fsp3) is 0.0909. The molecule has 116 valence electrons. The van der Waals surface area contributed by atoms with Gasteiger partial charge in [0.15, 0.2) is 4.34 Å². The number of rotatable bonds is 5. The summed E-state index contributed by atoms with van der Waals surface area (Å²) >= 11 is 13.7. The van der Waals surface area contributed by atoms with Crippen molar-refractivity contribution in [3.8, 4) is 0 Å². The molecule has 7 nitrogen and oxygen atoms in total. The van der Waals surface area contributed by atoms with Crippen LogP contribution in [0.5, 0.6) is 0 Å². The fourth-order valence-electron chi connectivity index (χ4n) is 1.28. The molecule has 0 fully saturated rings. The lowest BCUT2D eigenvalue weighted by molar-refractivity contribution is -0.133. The molecule has 0 unspecified atom stereocenters. The first kappa shape index (κ1) is 16.8. The number of nitrogens with one attached hydrogen (secondary N) is 2. The number of benzene rings is 1. The number of aromatic nitrogens is 2. The highest BCUT2D eigenvalue weighted by atomic mass is 35.5. The van der Waals surface area contributed by atoms with Crippen molar-refractivity contribution >= 4 is 69.1 Å². The lowest BCUT2D eigenvalue weighted by atomic mass is 10.3. The van der Waals surface area contributed by atoms with Crippen LogP contribution < -0.4 is 10.6 Å². The topological polar surface area (TPSA) is 104 Å². The summed E-state index contributed by atoms with van der Waals surface area (Å²) in [6.45, 7) is 0. The highest BCUT2D eigenvalue weighted by molar-refractivity contribution is 8.01. The number of carboxylic acids is 1. The van der Waals surface area contributed by atoms with Gasteiger partial charge >= 0.3 is 12.0 Å². The van der Waals surface area contributed by atoms with Crippen molar-refractivity contribution in [1.82, 2.24) is 10.2 Å². The Bertz CT molecular complexity index is 710. The third-order valence-corrected chi connectivity index (χ3v) is 4.82. The first-order chi connectivity index (χ1) is 10.4. The zero-order valence-corrected chi connectivity index (χ0v) is 13.8. The zero-order valence-electron chi connectivity index (χ0n) is 10.7. The van der Waals surface area contributed by atoms with E-state index in [-0.39, 0.29) is 10.9 Å². The standard InChI is InChI=1S/C11H8Cl2N4O3S2/c12-6-2-1-5(3-7(6)13)14-9(20)15-10-16-17-11(22-10)21-4-8(18)19/h1-3H,4H2,(H,18,19)(H2,14,15,16,20).